The largest absolute Gasteiger partial charge is 0.497 e. The molecule has 2 aromatic carbocycles. The quantitative estimate of drug-likeness (QED) is 0.729. The van der Waals surface area contributed by atoms with Crippen LogP contribution in [0, 0.1) is 0 Å². The predicted octanol–water partition coefficient (Wildman–Crippen LogP) is 2.43. The minimum Gasteiger partial charge on any atom is -0.497 e. The standard InChI is InChI=1S/C22H26ClN3O4/c1-29-19-6-3-16(4-7-19)22(28)24-14-21(27)26-11-9-25(10-12-26)15-17-13-18(23)5-8-20(17)30-2/h3-8,13H,9-12,14-15H2,1-2H3,(H,24,28). The Morgan fingerprint density at radius 3 is 2.33 bits per heavy atom. The number of ether oxygens (including phenoxy) is 2. The van der Waals surface area contributed by atoms with Gasteiger partial charge >= 0.3 is 0 Å². The molecule has 0 aliphatic carbocycles. The smallest absolute Gasteiger partial charge is 0.251 e. The number of halogens is 1. The Kier molecular flexibility index (Phi) is 7.54. The fourth-order valence-electron chi connectivity index (χ4n) is 3.38. The molecule has 7 nitrogen and oxygen atoms in total. The van der Waals surface area contributed by atoms with E-state index in [9.17, 15) is 9.59 Å². The molecule has 0 radical (unpaired) electrons. The summed E-state index contributed by atoms with van der Waals surface area (Å²) in [5.74, 6) is 1.12. The van der Waals surface area contributed by atoms with E-state index in [1.54, 1.807) is 49.5 Å². The molecule has 8 heteroatoms. The Hall–Kier alpha value is -2.77. The SMILES string of the molecule is COc1ccc(C(=O)NCC(=O)N2CCN(Cc3cc(Cl)ccc3OC)CC2)cc1. The van der Waals surface area contributed by atoms with E-state index in [0.29, 0.717) is 36.0 Å². The van der Waals surface area contributed by atoms with Gasteiger partial charge in [-0.3, -0.25) is 14.5 Å². The van der Waals surface area contributed by atoms with Crippen LogP contribution in [0.5, 0.6) is 11.5 Å². The highest BCUT2D eigenvalue weighted by Crippen LogP contribution is 2.24. The normalized spacial score (nSPS) is 14.3. The highest BCUT2D eigenvalue weighted by atomic mass is 35.5. The van der Waals surface area contributed by atoms with Crippen LogP contribution in [0.2, 0.25) is 5.02 Å². The van der Waals surface area contributed by atoms with Crippen molar-refractivity contribution in [1.29, 1.82) is 0 Å². The number of piperazine rings is 1. The van der Waals surface area contributed by atoms with Crippen molar-refractivity contribution in [1.82, 2.24) is 15.1 Å². The molecular weight excluding hydrogens is 406 g/mol. The molecule has 1 saturated heterocycles. The van der Waals surface area contributed by atoms with Gasteiger partial charge in [0.05, 0.1) is 20.8 Å². The minimum absolute atomic E-state index is 0.0209. The summed E-state index contributed by atoms with van der Waals surface area (Å²) in [5, 5.41) is 3.36. The highest BCUT2D eigenvalue weighted by molar-refractivity contribution is 6.30. The second-order valence-corrected chi connectivity index (χ2v) is 7.46. The van der Waals surface area contributed by atoms with Gasteiger partial charge in [0.2, 0.25) is 5.91 Å². The van der Waals surface area contributed by atoms with E-state index in [-0.39, 0.29) is 18.4 Å². The van der Waals surface area contributed by atoms with Crippen LogP contribution in [0.25, 0.3) is 0 Å². The van der Waals surface area contributed by atoms with Crippen molar-refractivity contribution >= 4 is 23.4 Å². The molecule has 1 fully saturated rings. The van der Waals surface area contributed by atoms with E-state index in [4.69, 9.17) is 21.1 Å². The Morgan fingerprint density at radius 2 is 1.70 bits per heavy atom. The third-order valence-electron chi connectivity index (χ3n) is 5.11. The molecule has 1 aliphatic rings. The average Bonchev–Trinajstić information content (AvgIpc) is 2.78. The second-order valence-electron chi connectivity index (χ2n) is 7.02. The zero-order valence-electron chi connectivity index (χ0n) is 17.2. The molecule has 30 heavy (non-hydrogen) atoms. The average molecular weight is 432 g/mol. The van der Waals surface area contributed by atoms with Gasteiger partial charge < -0.3 is 19.7 Å². The van der Waals surface area contributed by atoms with Crippen LogP contribution in [-0.2, 0) is 11.3 Å². The zero-order valence-corrected chi connectivity index (χ0v) is 17.9. The van der Waals surface area contributed by atoms with Gasteiger partial charge in [0, 0.05) is 48.9 Å². The maximum Gasteiger partial charge on any atom is 0.251 e. The predicted molar refractivity (Wildman–Crippen MR) is 115 cm³/mol. The number of hydrogen-bond donors (Lipinski definition) is 1. The lowest BCUT2D eigenvalue weighted by atomic mass is 10.1. The number of nitrogens with one attached hydrogen (secondary N) is 1. The molecule has 1 aliphatic heterocycles. The van der Waals surface area contributed by atoms with Crippen LogP contribution >= 0.6 is 11.6 Å². The molecule has 3 rings (SSSR count). The lowest BCUT2D eigenvalue weighted by molar-refractivity contribution is -0.131. The Labute approximate surface area is 181 Å². The summed E-state index contributed by atoms with van der Waals surface area (Å²) < 4.78 is 10.5. The van der Waals surface area contributed by atoms with Crippen LogP contribution in [0.15, 0.2) is 42.5 Å². The fraction of sp³-hybridized carbons (Fsp3) is 0.364. The molecule has 1 N–H and O–H groups in total. The Bertz CT molecular complexity index is 880. The van der Waals surface area contributed by atoms with Gasteiger partial charge in [-0.15, -0.1) is 0 Å². The number of benzene rings is 2. The lowest BCUT2D eigenvalue weighted by Crippen LogP contribution is -2.50. The molecule has 0 atom stereocenters. The summed E-state index contributed by atoms with van der Waals surface area (Å²) in [4.78, 5) is 28.7. The van der Waals surface area contributed by atoms with Gasteiger partial charge in [0.25, 0.3) is 5.91 Å². The summed E-state index contributed by atoms with van der Waals surface area (Å²) in [6, 6.07) is 12.3. The van der Waals surface area contributed by atoms with Crippen LogP contribution in [0.3, 0.4) is 0 Å². The van der Waals surface area contributed by atoms with Crippen molar-refractivity contribution in [2.75, 3.05) is 46.9 Å². The molecule has 1 heterocycles. The molecule has 0 spiro atoms. The number of amides is 2. The molecule has 2 aromatic rings. The van der Waals surface area contributed by atoms with E-state index < -0.39 is 0 Å². The van der Waals surface area contributed by atoms with Crippen molar-refractivity contribution in [3.05, 3.63) is 58.6 Å². The molecule has 2 amide bonds. The monoisotopic (exact) mass is 431 g/mol. The first-order valence-electron chi connectivity index (χ1n) is 9.75. The van der Waals surface area contributed by atoms with Gasteiger partial charge in [-0.1, -0.05) is 11.6 Å². The summed E-state index contributed by atoms with van der Waals surface area (Å²) in [5.41, 5.74) is 1.51. The summed E-state index contributed by atoms with van der Waals surface area (Å²) in [6.45, 7) is 3.40. The van der Waals surface area contributed by atoms with Crippen molar-refractivity contribution in [2.45, 2.75) is 6.54 Å². The Balaban J connectivity index is 1.46. The number of hydrogen-bond acceptors (Lipinski definition) is 5. The van der Waals surface area contributed by atoms with Crippen LogP contribution < -0.4 is 14.8 Å². The molecule has 0 saturated carbocycles. The minimum atomic E-state index is -0.280. The van der Waals surface area contributed by atoms with Crippen molar-refractivity contribution in [2.24, 2.45) is 0 Å². The van der Waals surface area contributed by atoms with E-state index >= 15 is 0 Å². The molecule has 0 bridgehead atoms. The lowest BCUT2D eigenvalue weighted by Gasteiger charge is -2.35. The number of carbonyl (C=O) groups is 2. The summed E-state index contributed by atoms with van der Waals surface area (Å²) in [7, 11) is 3.21. The molecule has 160 valence electrons. The maximum atomic E-state index is 12.5. The second kappa shape index (κ2) is 10.3. The van der Waals surface area contributed by atoms with Gasteiger partial charge in [-0.25, -0.2) is 0 Å². The van der Waals surface area contributed by atoms with Crippen LogP contribution in [-0.4, -0.2) is 68.6 Å². The first-order chi connectivity index (χ1) is 14.5. The molecule has 0 aromatic heterocycles. The molecule has 0 unspecified atom stereocenters. The number of carbonyl (C=O) groups excluding carboxylic acids is 2. The van der Waals surface area contributed by atoms with Crippen molar-refractivity contribution in [3.8, 4) is 11.5 Å². The van der Waals surface area contributed by atoms with Crippen molar-refractivity contribution < 1.29 is 19.1 Å². The van der Waals surface area contributed by atoms with E-state index in [2.05, 4.69) is 10.2 Å². The molecular formula is C22H26ClN3O4. The summed E-state index contributed by atoms with van der Waals surface area (Å²) in [6.07, 6.45) is 0. The van der Waals surface area contributed by atoms with Gasteiger partial charge in [-0.05, 0) is 42.5 Å². The van der Waals surface area contributed by atoms with Gasteiger partial charge in [0.15, 0.2) is 0 Å². The van der Waals surface area contributed by atoms with Gasteiger partial charge in [0.1, 0.15) is 11.5 Å². The number of rotatable bonds is 7. The van der Waals surface area contributed by atoms with E-state index in [1.807, 2.05) is 12.1 Å². The third kappa shape index (κ3) is 5.64. The zero-order chi connectivity index (χ0) is 21.5. The third-order valence-corrected chi connectivity index (χ3v) is 5.35. The van der Waals surface area contributed by atoms with E-state index in [0.717, 1.165) is 24.4 Å². The number of nitrogens with zero attached hydrogens (tertiary/aromatic N) is 2. The highest BCUT2D eigenvalue weighted by Gasteiger charge is 2.22. The van der Waals surface area contributed by atoms with E-state index in [1.165, 1.54) is 0 Å². The first-order valence-corrected chi connectivity index (χ1v) is 10.1. The number of methoxy groups -OCH3 is 2. The Morgan fingerprint density at radius 1 is 1.00 bits per heavy atom. The van der Waals surface area contributed by atoms with Crippen molar-refractivity contribution in [3.63, 3.8) is 0 Å². The van der Waals surface area contributed by atoms with Crippen LogP contribution in [0.4, 0.5) is 0 Å². The fourth-order valence-corrected chi connectivity index (χ4v) is 3.57. The summed E-state index contributed by atoms with van der Waals surface area (Å²) >= 11 is 6.11. The van der Waals surface area contributed by atoms with Crippen LogP contribution in [0.1, 0.15) is 15.9 Å². The first kappa shape index (κ1) is 21.9. The van der Waals surface area contributed by atoms with Gasteiger partial charge in [-0.2, -0.15) is 0 Å². The maximum absolute atomic E-state index is 12.5. The topological polar surface area (TPSA) is 71.1 Å².